The van der Waals surface area contributed by atoms with E-state index in [1.807, 2.05) is 13.8 Å². The van der Waals surface area contributed by atoms with Crippen molar-refractivity contribution in [2.75, 3.05) is 0 Å². The van der Waals surface area contributed by atoms with E-state index in [1.165, 1.54) is 11.1 Å². The monoisotopic (exact) mass is 253 g/mol. The number of hydrogen-bond donors (Lipinski definition) is 1. The Morgan fingerprint density at radius 1 is 0.947 bits per heavy atom. The summed E-state index contributed by atoms with van der Waals surface area (Å²) in [6.45, 7) is 12.0. The maximum Gasteiger partial charge on any atom is 0.0323 e. The summed E-state index contributed by atoms with van der Waals surface area (Å²) in [5.41, 5.74) is 12.3. The summed E-state index contributed by atoms with van der Waals surface area (Å²) in [5.74, 6) is 0. The van der Waals surface area contributed by atoms with Crippen LogP contribution in [-0.4, -0.2) is 0 Å². The van der Waals surface area contributed by atoms with Crippen LogP contribution in [0.4, 0.5) is 0 Å². The second kappa shape index (κ2) is 6.79. The molecule has 0 heterocycles. The lowest BCUT2D eigenvalue weighted by molar-refractivity contribution is 1.39. The highest BCUT2D eigenvalue weighted by molar-refractivity contribution is 5.81. The standard InChI is InChI=1S/C16H17N.C2H6/c1-11-7-9-14(10-8-11)15-6-4-5-12(2)16(15)13(3)17;1-2/h4-10H,3,17H2,1-2H3;1-2H3. The van der Waals surface area contributed by atoms with Gasteiger partial charge in [-0.05, 0) is 30.5 Å². The first-order valence-corrected chi connectivity index (χ1v) is 6.71. The predicted octanol–water partition coefficient (Wildman–Crippen LogP) is 4.93. The van der Waals surface area contributed by atoms with Gasteiger partial charge in [0.25, 0.3) is 0 Å². The van der Waals surface area contributed by atoms with E-state index >= 15 is 0 Å². The van der Waals surface area contributed by atoms with E-state index in [2.05, 4.69) is 62.9 Å². The van der Waals surface area contributed by atoms with Gasteiger partial charge in [0.05, 0.1) is 0 Å². The summed E-state index contributed by atoms with van der Waals surface area (Å²) in [6.07, 6.45) is 0. The first-order valence-electron chi connectivity index (χ1n) is 6.71. The Morgan fingerprint density at radius 3 is 2.05 bits per heavy atom. The van der Waals surface area contributed by atoms with Crippen LogP contribution in [0.5, 0.6) is 0 Å². The van der Waals surface area contributed by atoms with E-state index in [-0.39, 0.29) is 0 Å². The molecule has 0 saturated heterocycles. The van der Waals surface area contributed by atoms with E-state index < -0.39 is 0 Å². The Hall–Kier alpha value is -2.02. The number of aryl methyl sites for hydroxylation is 2. The summed E-state index contributed by atoms with van der Waals surface area (Å²) in [5, 5.41) is 0. The van der Waals surface area contributed by atoms with Crippen molar-refractivity contribution in [3.8, 4) is 11.1 Å². The lowest BCUT2D eigenvalue weighted by atomic mass is 9.94. The summed E-state index contributed by atoms with van der Waals surface area (Å²) in [7, 11) is 0. The summed E-state index contributed by atoms with van der Waals surface area (Å²) in [6, 6.07) is 14.7. The molecule has 1 nitrogen and oxygen atoms in total. The molecule has 0 radical (unpaired) electrons. The Morgan fingerprint density at radius 2 is 1.53 bits per heavy atom. The largest absolute Gasteiger partial charge is 0.399 e. The number of rotatable bonds is 2. The highest BCUT2D eigenvalue weighted by Crippen LogP contribution is 2.29. The van der Waals surface area contributed by atoms with Crippen molar-refractivity contribution in [2.45, 2.75) is 27.7 Å². The van der Waals surface area contributed by atoms with Crippen molar-refractivity contribution in [1.82, 2.24) is 0 Å². The van der Waals surface area contributed by atoms with Crippen molar-refractivity contribution in [3.05, 3.63) is 65.7 Å². The van der Waals surface area contributed by atoms with Gasteiger partial charge in [-0.1, -0.05) is 68.5 Å². The van der Waals surface area contributed by atoms with Crippen molar-refractivity contribution in [1.29, 1.82) is 0 Å². The molecule has 2 rings (SSSR count). The molecule has 0 aliphatic carbocycles. The van der Waals surface area contributed by atoms with Crippen LogP contribution < -0.4 is 5.73 Å². The van der Waals surface area contributed by atoms with Crippen LogP contribution in [-0.2, 0) is 0 Å². The van der Waals surface area contributed by atoms with E-state index in [4.69, 9.17) is 5.73 Å². The summed E-state index contributed by atoms with van der Waals surface area (Å²) < 4.78 is 0. The molecule has 0 aromatic heterocycles. The molecule has 2 N–H and O–H groups in total. The van der Waals surface area contributed by atoms with E-state index in [0.29, 0.717) is 5.70 Å². The fraction of sp³-hybridized carbons (Fsp3) is 0.222. The molecule has 100 valence electrons. The van der Waals surface area contributed by atoms with E-state index in [9.17, 15) is 0 Å². The molecule has 0 aliphatic heterocycles. The van der Waals surface area contributed by atoms with E-state index in [1.54, 1.807) is 0 Å². The summed E-state index contributed by atoms with van der Waals surface area (Å²) in [4.78, 5) is 0. The van der Waals surface area contributed by atoms with Crippen molar-refractivity contribution in [2.24, 2.45) is 5.73 Å². The van der Waals surface area contributed by atoms with Gasteiger partial charge in [0, 0.05) is 11.3 Å². The minimum Gasteiger partial charge on any atom is -0.399 e. The van der Waals surface area contributed by atoms with Crippen LogP contribution in [0.2, 0.25) is 0 Å². The molecule has 2 aromatic carbocycles. The molecule has 0 unspecified atom stereocenters. The van der Waals surface area contributed by atoms with Gasteiger partial charge in [0.15, 0.2) is 0 Å². The highest BCUT2D eigenvalue weighted by atomic mass is 14.6. The average molecular weight is 253 g/mol. The van der Waals surface area contributed by atoms with Gasteiger partial charge in [-0.3, -0.25) is 0 Å². The third-order valence-corrected chi connectivity index (χ3v) is 2.96. The molecular formula is C18H23N. The minimum absolute atomic E-state index is 0.624. The van der Waals surface area contributed by atoms with Gasteiger partial charge in [0.1, 0.15) is 0 Å². The van der Waals surface area contributed by atoms with Crippen LogP contribution in [0, 0.1) is 13.8 Å². The van der Waals surface area contributed by atoms with Gasteiger partial charge in [-0.25, -0.2) is 0 Å². The Kier molecular flexibility index (Phi) is 5.37. The number of nitrogens with two attached hydrogens (primary N) is 1. The Labute approximate surface area is 116 Å². The molecule has 19 heavy (non-hydrogen) atoms. The maximum absolute atomic E-state index is 5.89. The third kappa shape index (κ3) is 3.47. The Balaban J connectivity index is 0.000000861. The van der Waals surface area contributed by atoms with Gasteiger partial charge < -0.3 is 5.73 Å². The molecule has 1 heteroatoms. The normalized spacial score (nSPS) is 9.47. The first-order chi connectivity index (χ1) is 9.09. The first kappa shape index (κ1) is 15.0. The van der Waals surface area contributed by atoms with Crippen LogP contribution in [0.25, 0.3) is 16.8 Å². The molecule has 2 aromatic rings. The lowest BCUT2D eigenvalue weighted by Gasteiger charge is -2.12. The minimum atomic E-state index is 0.624. The number of benzene rings is 2. The average Bonchev–Trinajstić information content (AvgIpc) is 2.41. The maximum atomic E-state index is 5.89. The molecule has 0 amide bonds. The van der Waals surface area contributed by atoms with Gasteiger partial charge in [-0.2, -0.15) is 0 Å². The van der Waals surface area contributed by atoms with Crippen LogP contribution in [0.3, 0.4) is 0 Å². The molecule has 0 fully saturated rings. The van der Waals surface area contributed by atoms with Gasteiger partial charge in [0.2, 0.25) is 0 Å². The molecule has 0 aliphatic rings. The van der Waals surface area contributed by atoms with Crippen LogP contribution in [0.15, 0.2) is 49.0 Å². The van der Waals surface area contributed by atoms with Gasteiger partial charge >= 0.3 is 0 Å². The SMILES string of the molecule is C=C(N)c1c(C)cccc1-c1ccc(C)cc1.CC. The topological polar surface area (TPSA) is 26.0 Å². The smallest absolute Gasteiger partial charge is 0.0323 e. The van der Waals surface area contributed by atoms with Crippen molar-refractivity contribution in [3.63, 3.8) is 0 Å². The quantitative estimate of drug-likeness (QED) is 0.807. The molecule has 0 spiro atoms. The summed E-state index contributed by atoms with van der Waals surface area (Å²) >= 11 is 0. The molecular weight excluding hydrogens is 230 g/mol. The highest BCUT2D eigenvalue weighted by Gasteiger charge is 2.08. The Bertz CT molecular complexity index is 550. The second-order valence-corrected chi connectivity index (χ2v) is 4.39. The predicted molar refractivity (Wildman–Crippen MR) is 85.9 cm³/mol. The molecule has 0 atom stereocenters. The van der Waals surface area contributed by atoms with Crippen molar-refractivity contribution >= 4 is 5.70 Å². The third-order valence-electron chi connectivity index (χ3n) is 2.96. The second-order valence-electron chi connectivity index (χ2n) is 4.39. The number of hydrogen-bond acceptors (Lipinski definition) is 1. The van der Waals surface area contributed by atoms with Crippen LogP contribution in [0.1, 0.15) is 30.5 Å². The van der Waals surface area contributed by atoms with Crippen LogP contribution >= 0.6 is 0 Å². The fourth-order valence-corrected chi connectivity index (χ4v) is 2.07. The zero-order chi connectivity index (χ0) is 14.4. The lowest BCUT2D eigenvalue weighted by Crippen LogP contribution is -1.99. The zero-order valence-electron chi connectivity index (χ0n) is 12.3. The fourth-order valence-electron chi connectivity index (χ4n) is 2.07. The zero-order valence-corrected chi connectivity index (χ0v) is 12.3. The van der Waals surface area contributed by atoms with E-state index in [0.717, 1.165) is 16.7 Å². The van der Waals surface area contributed by atoms with Gasteiger partial charge in [-0.15, -0.1) is 0 Å². The molecule has 0 saturated carbocycles. The molecule has 0 bridgehead atoms. The van der Waals surface area contributed by atoms with Crippen molar-refractivity contribution < 1.29 is 0 Å².